The molecule has 1 fully saturated rings. The van der Waals surface area contributed by atoms with Crippen molar-refractivity contribution >= 4 is 0 Å². The molecule has 0 saturated carbocycles. The molecule has 0 atom stereocenters. The Morgan fingerprint density at radius 1 is 1.12 bits per heavy atom. The lowest BCUT2D eigenvalue weighted by atomic mass is 9.96. The van der Waals surface area contributed by atoms with Gasteiger partial charge in [0.05, 0.1) is 12.9 Å². The minimum absolute atomic E-state index is 0.115. The molecule has 1 saturated heterocycles. The van der Waals surface area contributed by atoms with Crippen molar-refractivity contribution < 1.29 is 0 Å². The van der Waals surface area contributed by atoms with Crippen LogP contribution in [-0.2, 0) is 26.1 Å². The van der Waals surface area contributed by atoms with Gasteiger partial charge in [-0.1, -0.05) is 0 Å². The second-order valence-corrected chi connectivity index (χ2v) is 7.91. The summed E-state index contributed by atoms with van der Waals surface area (Å²) >= 11 is 0. The fourth-order valence-electron chi connectivity index (χ4n) is 4.24. The highest BCUT2D eigenvalue weighted by molar-refractivity contribution is 5.12. The van der Waals surface area contributed by atoms with Gasteiger partial charge in [-0.2, -0.15) is 0 Å². The van der Waals surface area contributed by atoms with Crippen LogP contribution in [0.15, 0.2) is 17.3 Å². The SMILES string of the molecule is Cc1ncn(CC2CCN(Cc3ncc4n3CCCC4)CC2)c(=O)c1C. The van der Waals surface area contributed by atoms with Crippen LogP contribution in [0.25, 0.3) is 0 Å². The first-order valence-electron chi connectivity index (χ1n) is 9.90. The van der Waals surface area contributed by atoms with Crippen molar-refractivity contribution in [3.63, 3.8) is 0 Å². The van der Waals surface area contributed by atoms with Crippen LogP contribution in [0.3, 0.4) is 0 Å². The highest BCUT2D eigenvalue weighted by atomic mass is 16.1. The molecular weight excluding hydrogens is 326 g/mol. The van der Waals surface area contributed by atoms with Crippen LogP contribution < -0.4 is 5.56 Å². The third kappa shape index (κ3) is 3.47. The van der Waals surface area contributed by atoms with E-state index in [0.29, 0.717) is 5.92 Å². The molecule has 0 radical (unpaired) electrons. The molecular formula is C20H29N5O. The molecule has 26 heavy (non-hydrogen) atoms. The number of aromatic nitrogens is 4. The molecule has 140 valence electrons. The van der Waals surface area contributed by atoms with Gasteiger partial charge in [0.15, 0.2) is 0 Å². The largest absolute Gasteiger partial charge is 0.331 e. The summed E-state index contributed by atoms with van der Waals surface area (Å²) in [5.74, 6) is 1.79. The molecule has 2 aliphatic rings. The highest BCUT2D eigenvalue weighted by Gasteiger charge is 2.22. The maximum atomic E-state index is 12.4. The standard InChI is InChI=1S/C20H29N5O/c1-15-16(2)22-14-24(20(15)26)12-17-6-9-23(10-7-17)13-19-21-11-18-5-3-4-8-25(18)19/h11,14,17H,3-10,12-13H2,1-2H3. The van der Waals surface area contributed by atoms with Crippen molar-refractivity contribution in [3.05, 3.63) is 45.7 Å². The van der Waals surface area contributed by atoms with E-state index < -0.39 is 0 Å². The van der Waals surface area contributed by atoms with Crippen LogP contribution in [-0.4, -0.2) is 37.1 Å². The maximum absolute atomic E-state index is 12.4. The molecule has 0 amide bonds. The quantitative estimate of drug-likeness (QED) is 0.844. The summed E-state index contributed by atoms with van der Waals surface area (Å²) in [6, 6.07) is 0. The number of fused-ring (bicyclic) bond motifs is 1. The molecule has 0 aromatic carbocycles. The number of rotatable bonds is 4. The van der Waals surface area contributed by atoms with Crippen LogP contribution in [0.4, 0.5) is 0 Å². The second kappa shape index (κ2) is 7.35. The zero-order valence-electron chi connectivity index (χ0n) is 15.9. The Bertz CT molecular complexity index is 829. The lowest BCUT2D eigenvalue weighted by molar-refractivity contribution is 0.161. The van der Waals surface area contributed by atoms with Gasteiger partial charge in [0.25, 0.3) is 5.56 Å². The topological polar surface area (TPSA) is 56.0 Å². The fraction of sp³-hybridized carbons (Fsp3) is 0.650. The van der Waals surface area contributed by atoms with E-state index in [0.717, 1.165) is 56.8 Å². The van der Waals surface area contributed by atoms with Gasteiger partial charge in [0.1, 0.15) is 5.82 Å². The molecule has 6 nitrogen and oxygen atoms in total. The van der Waals surface area contributed by atoms with Crippen molar-refractivity contribution in [1.29, 1.82) is 0 Å². The van der Waals surface area contributed by atoms with Crippen molar-refractivity contribution in [2.24, 2.45) is 5.92 Å². The molecule has 4 rings (SSSR count). The Morgan fingerprint density at radius 2 is 1.92 bits per heavy atom. The Labute approximate surface area is 154 Å². The van der Waals surface area contributed by atoms with Crippen molar-refractivity contribution in [2.75, 3.05) is 13.1 Å². The van der Waals surface area contributed by atoms with Crippen molar-refractivity contribution in [2.45, 2.75) is 65.6 Å². The first-order chi connectivity index (χ1) is 12.6. The number of nitrogens with zero attached hydrogens (tertiary/aromatic N) is 5. The number of hydrogen-bond acceptors (Lipinski definition) is 4. The molecule has 0 aliphatic carbocycles. The van der Waals surface area contributed by atoms with Gasteiger partial charge >= 0.3 is 0 Å². The summed E-state index contributed by atoms with van der Waals surface area (Å²) in [6.07, 6.45) is 9.79. The van der Waals surface area contributed by atoms with Crippen molar-refractivity contribution in [1.82, 2.24) is 24.0 Å². The Balaban J connectivity index is 1.34. The molecule has 0 unspecified atom stereocenters. The molecule has 2 aromatic heterocycles. The molecule has 2 aliphatic heterocycles. The van der Waals surface area contributed by atoms with Gasteiger partial charge < -0.3 is 4.57 Å². The molecule has 0 N–H and O–H groups in total. The van der Waals surface area contributed by atoms with Gasteiger partial charge in [-0.05, 0) is 65.0 Å². The van der Waals surface area contributed by atoms with Crippen LogP contribution in [0.1, 0.15) is 48.5 Å². The van der Waals surface area contributed by atoms with E-state index in [1.807, 2.05) is 13.8 Å². The third-order valence-electron chi connectivity index (χ3n) is 6.13. The highest BCUT2D eigenvalue weighted by Crippen LogP contribution is 2.22. The normalized spacial score (nSPS) is 18.8. The first kappa shape index (κ1) is 17.5. The summed E-state index contributed by atoms with van der Waals surface area (Å²) in [5, 5.41) is 0. The van der Waals surface area contributed by atoms with E-state index in [1.54, 1.807) is 10.9 Å². The monoisotopic (exact) mass is 355 g/mol. The summed E-state index contributed by atoms with van der Waals surface area (Å²) in [5.41, 5.74) is 3.13. The Kier molecular flexibility index (Phi) is 4.94. The number of imidazole rings is 1. The average molecular weight is 355 g/mol. The second-order valence-electron chi connectivity index (χ2n) is 7.91. The number of piperidine rings is 1. The van der Waals surface area contributed by atoms with E-state index in [-0.39, 0.29) is 5.56 Å². The van der Waals surface area contributed by atoms with Gasteiger partial charge in [-0.25, -0.2) is 9.97 Å². The molecule has 0 bridgehead atoms. The number of aryl methyl sites for hydroxylation is 2. The maximum Gasteiger partial charge on any atom is 0.256 e. The van der Waals surface area contributed by atoms with E-state index in [2.05, 4.69) is 25.6 Å². The lowest BCUT2D eigenvalue weighted by Crippen LogP contribution is -2.37. The predicted molar refractivity (Wildman–Crippen MR) is 101 cm³/mol. The molecule has 6 heteroatoms. The summed E-state index contributed by atoms with van der Waals surface area (Å²) < 4.78 is 4.23. The number of likely N-dealkylation sites (tertiary alicyclic amines) is 1. The lowest BCUT2D eigenvalue weighted by Gasteiger charge is -2.32. The molecule has 2 aromatic rings. The first-order valence-corrected chi connectivity index (χ1v) is 9.90. The van der Waals surface area contributed by atoms with E-state index in [4.69, 9.17) is 0 Å². The van der Waals surface area contributed by atoms with E-state index in [9.17, 15) is 4.79 Å². The Hall–Kier alpha value is -1.95. The van der Waals surface area contributed by atoms with Gasteiger partial charge in [-0.3, -0.25) is 14.3 Å². The summed E-state index contributed by atoms with van der Waals surface area (Å²) in [7, 11) is 0. The average Bonchev–Trinajstić information content (AvgIpc) is 3.07. The van der Waals surface area contributed by atoms with Crippen LogP contribution in [0.2, 0.25) is 0 Å². The molecule has 0 spiro atoms. The van der Waals surface area contributed by atoms with Gasteiger partial charge in [-0.15, -0.1) is 0 Å². The number of hydrogen-bond donors (Lipinski definition) is 0. The van der Waals surface area contributed by atoms with Crippen LogP contribution in [0, 0.1) is 19.8 Å². The fourth-order valence-corrected chi connectivity index (χ4v) is 4.24. The van der Waals surface area contributed by atoms with Gasteiger partial charge in [0, 0.05) is 36.2 Å². The minimum Gasteiger partial charge on any atom is -0.331 e. The summed E-state index contributed by atoms with van der Waals surface area (Å²) in [4.78, 5) is 23.9. The zero-order valence-corrected chi connectivity index (χ0v) is 15.9. The zero-order chi connectivity index (χ0) is 18.1. The third-order valence-corrected chi connectivity index (χ3v) is 6.13. The smallest absolute Gasteiger partial charge is 0.256 e. The van der Waals surface area contributed by atoms with Gasteiger partial charge in [0.2, 0.25) is 0 Å². The molecule has 4 heterocycles. The van der Waals surface area contributed by atoms with E-state index >= 15 is 0 Å². The van der Waals surface area contributed by atoms with E-state index in [1.165, 1.54) is 30.8 Å². The summed E-state index contributed by atoms with van der Waals surface area (Å²) in [6.45, 7) is 8.81. The van der Waals surface area contributed by atoms with Crippen molar-refractivity contribution in [3.8, 4) is 0 Å². The van der Waals surface area contributed by atoms with Crippen LogP contribution >= 0.6 is 0 Å². The predicted octanol–water partition coefficient (Wildman–Crippen LogP) is 2.31. The minimum atomic E-state index is 0.115. The Morgan fingerprint density at radius 3 is 2.73 bits per heavy atom. The van der Waals surface area contributed by atoms with Crippen LogP contribution in [0.5, 0.6) is 0 Å².